The van der Waals surface area contributed by atoms with Crippen LogP contribution in [0.2, 0.25) is 0 Å². The van der Waals surface area contributed by atoms with Gasteiger partial charge in [-0.25, -0.2) is 4.98 Å². The molecule has 1 aromatic carbocycles. The fourth-order valence-corrected chi connectivity index (χ4v) is 3.13. The zero-order chi connectivity index (χ0) is 13.2. The second-order valence-electron chi connectivity index (χ2n) is 3.81. The highest BCUT2D eigenvalue weighted by Crippen LogP contribution is 2.27. The van der Waals surface area contributed by atoms with Gasteiger partial charge in [0.15, 0.2) is 0 Å². The topological polar surface area (TPSA) is 56.0 Å². The highest BCUT2D eigenvalue weighted by Gasteiger charge is 2.09. The summed E-state index contributed by atoms with van der Waals surface area (Å²) in [6.45, 7) is 0. The maximum absolute atomic E-state index is 10.7. The molecule has 0 bridgehead atoms. The van der Waals surface area contributed by atoms with E-state index in [-0.39, 0.29) is 5.69 Å². The van der Waals surface area contributed by atoms with Crippen molar-refractivity contribution in [3.63, 3.8) is 0 Å². The van der Waals surface area contributed by atoms with Crippen LogP contribution < -0.4 is 0 Å². The van der Waals surface area contributed by atoms with Gasteiger partial charge in [0, 0.05) is 17.0 Å². The molecule has 0 atom stereocenters. The Morgan fingerprint density at radius 3 is 2.89 bits per heavy atom. The Morgan fingerprint density at radius 1 is 1.26 bits per heavy atom. The number of hydrogen-bond acceptors (Lipinski definition) is 5. The van der Waals surface area contributed by atoms with E-state index in [2.05, 4.69) is 4.98 Å². The van der Waals surface area contributed by atoms with Crippen LogP contribution in [-0.2, 0) is 0 Å². The summed E-state index contributed by atoms with van der Waals surface area (Å²) in [6.07, 6.45) is 3.93. The number of rotatable bonds is 3. The first-order chi connectivity index (χ1) is 9.22. The quantitative estimate of drug-likeness (QED) is 0.529. The molecule has 0 spiro atoms. The van der Waals surface area contributed by atoms with Gasteiger partial charge in [-0.15, -0.1) is 22.7 Å². The number of fused-ring (bicyclic) bond motifs is 1. The molecule has 0 aliphatic heterocycles. The molecule has 2 heterocycles. The lowest BCUT2D eigenvalue weighted by molar-refractivity contribution is -0.384. The number of thiophene rings is 1. The minimum atomic E-state index is -0.403. The molecule has 19 heavy (non-hydrogen) atoms. The predicted molar refractivity (Wildman–Crippen MR) is 79.5 cm³/mol. The summed E-state index contributed by atoms with van der Waals surface area (Å²) in [5, 5.41) is 13.6. The fourth-order valence-electron chi connectivity index (χ4n) is 1.66. The lowest BCUT2D eigenvalue weighted by Gasteiger charge is -1.89. The van der Waals surface area contributed by atoms with Crippen LogP contribution in [0.15, 0.2) is 35.7 Å². The summed E-state index contributed by atoms with van der Waals surface area (Å²) in [4.78, 5) is 15.8. The minimum Gasteiger partial charge on any atom is -0.258 e. The van der Waals surface area contributed by atoms with Crippen molar-refractivity contribution in [3.8, 4) is 0 Å². The molecule has 0 amide bonds. The molecule has 0 aliphatic rings. The van der Waals surface area contributed by atoms with Gasteiger partial charge in [0.25, 0.3) is 5.69 Å². The molecule has 0 radical (unpaired) electrons. The first kappa shape index (κ1) is 12.0. The molecule has 0 aliphatic carbocycles. The highest BCUT2D eigenvalue weighted by molar-refractivity contribution is 7.19. The first-order valence-electron chi connectivity index (χ1n) is 5.49. The summed E-state index contributed by atoms with van der Waals surface area (Å²) in [7, 11) is 0. The van der Waals surface area contributed by atoms with Gasteiger partial charge in [0.2, 0.25) is 0 Å². The number of aromatic nitrogens is 1. The van der Waals surface area contributed by atoms with Crippen molar-refractivity contribution >= 4 is 50.7 Å². The Balaban J connectivity index is 1.95. The summed E-state index contributed by atoms with van der Waals surface area (Å²) in [6, 6.07) is 8.78. The van der Waals surface area contributed by atoms with Crippen molar-refractivity contribution in [2.24, 2.45) is 0 Å². The van der Waals surface area contributed by atoms with Crippen LogP contribution in [0.1, 0.15) is 9.88 Å². The van der Waals surface area contributed by atoms with Gasteiger partial charge in [-0.05, 0) is 29.7 Å². The molecule has 0 fully saturated rings. The van der Waals surface area contributed by atoms with Crippen molar-refractivity contribution in [2.45, 2.75) is 0 Å². The Kier molecular flexibility index (Phi) is 3.10. The number of nitro groups is 1. The van der Waals surface area contributed by atoms with Gasteiger partial charge >= 0.3 is 0 Å². The average Bonchev–Trinajstić information content (AvgIpc) is 3.04. The molecule has 6 heteroatoms. The zero-order valence-electron chi connectivity index (χ0n) is 9.65. The van der Waals surface area contributed by atoms with Crippen molar-refractivity contribution in [1.29, 1.82) is 0 Å². The minimum absolute atomic E-state index is 0.0755. The van der Waals surface area contributed by atoms with Gasteiger partial charge in [0.1, 0.15) is 5.01 Å². The normalized spacial score (nSPS) is 11.4. The van der Waals surface area contributed by atoms with E-state index >= 15 is 0 Å². The van der Waals surface area contributed by atoms with E-state index in [1.165, 1.54) is 23.5 Å². The largest absolute Gasteiger partial charge is 0.271 e. The Labute approximate surface area is 116 Å². The number of thiazole rings is 1. The number of nitrogens with zero attached hydrogens (tertiary/aromatic N) is 2. The van der Waals surface area contributed by atoms with Crippen LogP contribution in [0.4, 0.5) is 5.69 Å². The van der Waals surface area contributed by atoms with E-state index in [0.717, 1.165) is 14.6 Å². The van der Waals surface area contributed by atoms with Crippen LogP contribution in [0.25, 0.3) is 22.4 Å². The zero-order valence-corrected chi connectivity index (χ0v) is 11.3. The van der Waals surface area contributed by atoms with E-state index in [1.54, 1.807) is 17.4 Å². The third kappa shape index (κ3) is 2.54. The van der Waals surface area contributed by atoms with Crippen LogP contribution in [-0.4, -0.2) is 9.91 Å². The van der Waals surface area contributed by atoms with Crippen molar-refractivity contribution in [3.05, 3.63) is 55.7 Å². The van der Waals surface area contributed by atoms with Crippen LogP contribution in [0.3, 0.4) is 0 Å². The summed E-state index contributed by atoms with van der Waals surface area (Å²) < 4.78 is 0.955. The van der Waals surface area contributed by atoms with E-state index in [1.807, 2.05) is 29.7 Å². The Hall–Kier alpha value is -2.05. The van der Waals surface area contributed by atoms with Crippen molar-refractivity contribution < 1.29 is 4.92 Å². The Morgan fingerprint density at radius 2 is 2.16 bits per heavy atom. The third-order valence-electron chi connectivity index (χ3n) is 2.53. The van der Waals surface area contributed by atoms with Crippen molar-refractivity contribution in [1.82, 2.24) is 4.98 Å². The SMILES string of the molecule is O=[N+]([O-])c1ccc2sc(/C=C/c3cccs3)nc2c1. The molecule has 4 nitrogen and oxygen atoms in total. The number of non-ortho nitro benzene ring substituents is 1. The van der Waals surface area contributed by atoms with Gasteiger partial charge in [-0.2, -0.15) is 0 Å². The standard InChI is InChI=1S/C13H8N2O2S2/c16-15(17)9-3-5-12-11(8-9)14-13(19-12)6-4-10-2-1-7-18-10/h1-8H/b6-4+. The van der Waals surface area contributed by atoms with Crippen LogP contribution in [0.5, 0.6) is 0 Å². The van der Waals surface area contributed by atoms with Crippen molar-refractivity contribution in [2.75, 3.05) is 0 Å². The van der Waals surface area contributed by atoms with E-state index in [4.69, 9.17) is 0 Å². The molecule has 0 saturated carbocycles. The fraction of sp³-hybridized carbons (Fsp3) is 0. The Bertz CT molecular complexity index is 760. The molecular formula is C13H8N2O2S2. The first-order valence-corrected chi connectivity index (χ1v) is 7.18. The molecule has 2 aromatic heterocycles. The van der Waals surface area contributed by atoms with Crippen LogP contribution in [0, 0.1) is 10.1 Å². The maximum atomic E-state index is 10.7. The van der Waals surface area contributed by atoms with Crippen LogP contribution >= 0.6 is 22.7 Å². The summed E-state index contributed by atoms with van der Waals surface area (Å²) in [5.41, 5.74) is 0.747. The van der Waals surface area contributed by atoms with E-state index in [0.29, 0.717) is 5.52 Å². The second kappa shape index (κ2) is 4.91. The monoisotopic (exact) mass is 288 g/mol. The number of hydrogen-bond donors (Lipinski definition) is 0. The molecular weight excluding hydrogens is 280 g/mol. The van der Waals surface area contributed by atoms with E-state index < -0.39 is 4.92 Å². The lowest BCUT2D eigenvalue weighted by atomic mass is 10.3. The summed E-state index contributed by atoms with van der Waals surface area (Å²) >= 11 is 3.18. The molecule has 3 aromatic rings. The van der Waals surface area contributed by atoms with Gasteiger partial charge in [-0.1, -0.05) is 6.07 Å². The van der Waals surface area contributed by atoms with E-state index in [9.17, 15) is 10.1 Å². The van der Waals surface area contributed by atoms with Gasteiger partial charge in [-0.3, -0.25) is 10.1 Å². The second-order valence-corrected chi connectivity index (χ2v) is 5.85. The predicted octanol–water partition coefficient (Wildman–Crippen LogP) is 4.44. The van der Waals surface area contributed by atoms with Gasteiger partial charge in [0.05, 0.1) is 15.1 Å². The average molecular weight is 288 g/mol. The molecule has 94 valence electrons. The summed E-state index contributed by atoms with van der Waals surface area (Å²) in [5.74, 6) is 0. The molecule has 3 rings (SSSR count). The maximum Gasteiger partial charge on any atom is 0.271 e. The number of nitro benzene ring substituents is 1. The third-order valence-corrected chi connectivity index (χ3v) is 4.37. The lowest BCUT2D eigenvalue weighted by Crippen LogP contribution is -1.86. The molecule has 0 N–H and O–H groups in total. The highest BCUT2D eigenvalue weighted by atomic mass is 32.1. The molecule has 0 unspecified atom stereocenters. The molecule has 0 saturated heterocycles. The smallest absolute Gasteiger partial charge is 0.258 e. The number of benzene rings is 1. The van der Waals surface area contributed by atoms with Gasteiger partial charge < -0.3 is 0 Å².